The van der Waals surface area contributed by atoms with Crippen LogP contribution < -0.4 is 4.74 Å². The topological polar surface area (TPSA) is 63.6 Å². The summed E-state index contributed by atoms with van der Waals surface area (Å²) in [6, 6.07) is 4.94. The Balaban J connectivity index is 2.68. The van der Waals surface area contributed by atoms with Crippen LogP contribution >= 0.6 is 11.6 Å². The van der Waals surface area contributed by atoms with Gasteiger partial charge in [0.2, 0.25) is 0 Å². The second kappa shape index (κ2) is 6.33. The van der Waals surface area contributed by atoms with Gasteiger partial charge in [-0.2, -0.15) is 0 Å². The molecule has 0 aromatic heterocycles. The van der Waals surface area contributed by atoms with Gasteiger partial charge in [0.25, 0.3) is 0 Å². The van der Waals surface area contributed by atoms with E-state index in [0.717, 1.165) is 0 Å². The van der Waals surface area contributed by atoms with Gasteiger partial charge in [0.15, 0.2) is 9.84 Å². The average molecular weight is 321 g/mol. The van der Waals surface area contributed by atoms with E-state index >= 15 is 0 Å². The molecule has 0 aliphatic heterocycles. The Kier molecular flexibility index (Phi) is 5.46. The van der Waals surface area contributed by atoms with Gasteiger partial charge in [0, 0.05) is 0 Å². The molecule has 0 fully saturated rings. The number of halogens is 1. The average Bonchev–Trinajstić information content (AvgIpc) is 2.29. The normalized spacial score (nSPS) is 14.1. The molecule has 0 radical (unpaired) electrons. The number of aliphatic hydroxyl groups is 1. The molecule has 0 spiro atoms. The van der Waals surface area contributed by atoms with Crippen molar-refractivity contribution < 1.29 is 18.3 Å². The third-order valence-corrected chi connectivity index (χ3v) is 5.85. The fourth-order valence-electron chi connectivity index (χ4n) is 1.46. The van der Waals surface area contributed by atoms with Crippen molar-refractivity contribution in [2.45, 2.75) is 38.5 Å². The van der Waals surface area contributed by atoms with E-state index in [4.69, 9.17) is 16.3 Å². The third-order valence-electron chi connectivity index (χ3n) is 2.98. The van der Waals surface area contributed by atoms with Gasteiger partial charge in [-0.3, -0.25) is 0 Å². The van der Waals surface area contributed by atoms with Crippen LogP contribution in [0.5, 0.6) is 5.75 Å². The van der Waals surface area contributed by atoms with E-state index < -0.39 is 20.7 Å². The Labute approximate surface area is 125 Å². The minimum atomic E-state index is -3.21. The van der Waals surface area contributed by atoms with Gasteiger partial charge in [-0.15, -0.1) is 0 Å². The quantitative estimate of drug-likeness (QED) is 0.906. The number of aliphatic hydroxyl groups excluding tert-OH is 1. The Morgan fingerprint density at radius 2 is 1.95 bits per heavy atom. The summed E-state index contributed by atoms with van der Waals surface area (Å²) in [4.78, 5) is 0. The predicted molar refractivity (Wildman–Crippen MR) is 81.1 cm³/mol. The lowest BCUT2D eigenvalue weighted by Gasteiger charge is -2.19. The highest BCUT2D eigenvalue weighted by Gasteiger charge is 2.28. The maximum Gasteiger partial charge on any atom is 0.158 e. The lowest BCUT2D eigenvalue weighted by Crippen LogP contribution is -2.32. The molecule has 0 saturated carbocycles. The summed E-state index contributed by atoms with van der Waals surface area (Å²) in [5.74, 6) is 0.352. The molecule has 114 valence electrons. The molecule has 1 N–H and O–H groups in total. The lowest BCUT2D eigenvalue weighted by molar-refractivity contribution is 0.199. The van der Waals surface area contributed by atoms with Crippen LogP contribution in [-0.4, -0.2) is 30.6 Å². The number of hydrogen-bond donors (Lipinski definition) is 1. The molecule has 6 heteroatoms. The molecule has 0 unspecified atom stereocenters. The second-order valence-electron chi connectivity index (χ2n) is 5.65. The fourth-order valence-corrected chi connectivity index (χ4v) is 2.62. The standard InChI is InChI=1S/C14H21ClO4S/c1-10(16)11-5-6-13(12(15)9-11)19-7-8-20(17,18)14(2,3)4/h5-6,9-10,16H,7-8H2,1-4H3/t10-/m0/s1. The minimum absolute atomic E-state index is 0.0490. The highest BCUT2D eigenvalue weighted by Crippen LogP contribution is 2.28. The largest absolute Gasteiger partial charge is 0.491 e. The number of sulfone groups is 1. The van der Waals surface area contributed by atoms with Crippen LogP contribution in [-0.2, 0) is 9.84 Å². The molecular formula is C14H21ClO4S. The van der Waals surface area contributed by atoms with E-state index in [1.54, 1.807) is 45.9 Å². The fraction of sp³-hybridized carbons (Fsp3) is 0.571. The zero-order valence-corrected chi connectivity index (χ0v) is 13.8. The molecule has 20 heavy (non-hydrogen) atoms. The smallest absolute Gasteiger partial charge is 0.158 e. The van der Waals surface area contributed by atoms with Crippen LogP contribution in [0.1, 0.15) is 39.4 Å². The van der Waals surface area contributed by atoms with Crippen molar-refractivity contribution in [3.05, 3.63) is 28.8 Å². The van der Waals surface area contributed by atoms with Crippen molar-refractivity contribution in [3.63, 3.8) is 0 Å². The Hall–Kier alpha value is -0.780. The van der Waals surface area contributed by atoms with Gasteiger partial charge < -0.3 is 9.84 Å². The maximum atomic E-state index is 11.9. The molecule has 1 aromatic carbocycles. The molecule has 1 rings (SSSR count). The lowest BCUT2D eigenvalue weighted by atomic mass is 10.1. The van der Waals surface area contributed by atoms with E-state index in [9.17, 15) is 13.5 Å². The molecule has 0 heterocycles. The van der Waals surface area contributed by atoms with Crippen LogP contribution in [0, 0.1) is 0 Å². The van der Waals surface area contributed by atoms with Crippen LogP contribution in [0.25, 0.3) is 0 Å². The number of rotatable bonds is 5. The highest BCUT2D eigenvalue weighted by molar-refractivity contribution is 7.92. The molecule has 0 aliphatic carbocycles. The third kappa shape index (κ3) is 4.36. The van der Waals surface area contributed by atoms with Gasteiger partial charge in [-0.25, -0.2) is 8.42 Å². The molecule has 4 nitrogen and oxygen atoms in total. The van der Waals surface area contributed by atoms with E-state index in [-0.39, 0.29) is 12.4 Å². The van der Waals surface area contributed by atoms with Crippen LogP contribution in [0.15, 0.2) is 18.2 Å². The van der Waals surface area contributed by atoms with Crippen molar-refractivity contribution in [3.8, 4) is 5.75 Å². The van der Waals surface area contributed by atoms with Crippen molar-refractivity contribution in [2.75, 3.05) is 12.4 Å². The SMILES string of the molecule is C[C@H](O)c1ccc(OCCS(=O)(=O)C(C)(C)C)c(Cl)c1. The second-order valence-corrected chi connectivity index (χ2v) is 8.92. The van der Waals surface area contributed by atoms with Gasteiger partial charge in [-0.05, 0) is 45.4 Å². The Morgan fingerprint density at radius 3 is 2.40 bits per heavy atom. The summed E-state index contributed by atoms with van der Waals surface area (Å²) in [6.07, 6.45) is -0.609. The molecular weight excluding hydrogens is 300 g/mol. The number of benzene rings is 1. The van der Waals surface area contributed by atoms with Crippen molar-refractivity contribution in [1.82, 2.24) is 0 Å². The van der Waals surface area contributed by atoms with E-state index in [2.05, 4.69) is 0 Å². The molecule has 0 bridgehead atoms. The zero-order chi connectivity index (χ0) is 15.6. The summed E-state index contributed by atoms with van der Waals surface area (Å²) >= 11 is 6.03. The number of ether oxygens (including phenoxy) is 1. The molecule has 1 aromatic rings. The molecule has 0 saturated heterocycles. The molecule has 0 aliphatic rings. The summed E-state index contributed by atoms with van der Waals surface area (Å²) in [5.41, 5.74) is 0.685. The minimum Gasteiger partial charge on any atom is -0.491 e. The van der Waals surface area contributed by atoms with Gasteiger partial charge in [-0.1, -0.05) is 17.7 Å². The maximum absolute atomic E-state index is 11.9. The van der Waals surface area contributed by atoms with E-state index in [1.165, 1.54) is 0 Å². The van der Waals surface area contributed by atoms with E-state index in [1.807, 2.05) is 0 Å². The monoisotopic (exact) mass is 320 g/mol. The summed E-state index contributed by atoms with van der Waals surface area (Å²) in [7, 11) is -3.21. The van der Waals surface area contributed by atoms with Crippen LogP contribution in [0.3, 0.4) is 0 Å². The van der Waals surface area contributed by atoms with Crippen molar-refractivity contribution >= 4 is 21.4 Å². The van der Waals surface area contributed by atoms with E-state index in [0.29, 0.717) is 16.3 Å². The molecule has 1 atom stereocenters. The Bertz CT molecular complexity index is 559. The first-order chi connectivity index (χ1) is 9.04. The Morgan fingerprint density at radius 1 is 1.35 bits per heavy atom. The summed E-state index contributed by atoms with van der Waals surface area (Å²) in [6.45, 7) is 6.67. The first kappa shape index (κ1) is 17.3. The summed E-state index contributed by atoms with van der Waals surface area (Å²) in [5, 5.41) is 9.79. The van der Waals surface area contributed by atoms with Gasteiger partial charge in [0.05, 0.1) is 21.6 Å². The highest BCUT2D eigenvalue weighted by atomic mass is 35.5. The first-order valence-corrected chi connectivity index (χ1v) is 8.40. The van der Waals surface area contributed by atoms with Gasteiger partial charge in [0.1, 0.15) is 12.4 Å². The van der Waals surface area contributed by atoms with Crippen LogP contribution in [0.4, 0.5) is 0 Å². The van der Waals surface area contributed by atoms with Crippen molar-refractivity contribution in [2.24, 2.45) is 0 Å². The van der Waals surface area contributed by atoms with Gasteiger partial charge >= 0.3 is 0 Å². The van der Waals surface area contributed by atoms with Crippen molar-refractivity contribution in [1.29, 1.82) is 0 Å². The van der Waals surface area contributed by atoms with Crippen LogP contribution in [0.2, 0.25) is 5.02 Å². The predicted octanol–water partition coefficient (Wildman–Crippen LogP) is 2.99. The first-order valence-electron chi connectivity index (χ1n) is 6.37. The summed E-state index contributed by atoms with van der Waals surface area (Å²) < 4.78 is 28.5. The zero-order valence-electron chi connectivity index (χ0n) is 12.2. The molecule has 0 amide bonds. The number of hydrogen-bond acceptors (Lipinski definition) is 4.